The molecule has 0 atom stereocenters. The van der Waals surface area contributed by atoms with Gasteiger partial charge in [-0.05, 0) is 0 Å². The van der Waals surface area contributed by atoms with Crippen molar-refractivity contribution in [2.75, 3.05) is 0 Å². The molecule has 2 rings (SSSR count). The van der Waals surface area contributed by atoms with Gasteiger partial charge in [0.25, 0.3) is 0 Å². The Morgan fingerprint density at radius 3 is 1.73 bits per heavy atom. The van der Waals surface area contributed by atoms with Crippen LogP contribution in [-0.4, -0.2) is 20.0 Å². The van der Waals surface area contributed by atoms with Crippen LogP contribution in [0.2, 0.25) is 11.6 Å². The number of hydrogen-bond donors (Lipinski definition) is 0. The van der Waals surface area contributed by atoms with Crippen molar-refractivity contribution < 1.29 is 17.4 Å². The molecule has 0 spiro atoms. The topological polar surface area (TPSA) is 0 Å². The van der Waals surface area contributed by atoms with Crippen LogP contribution >= 0.6 is 0 Å². The van der Waals surface area contributed by atoms with E-state index in [1.165, 1.54) is 0 Å². The van der Waals surface area contributed by atoms with E-state index in [9.17, 15) is 0 Å². The van der Waals surface area contributed by atoms with Crippen molar-refractivity contribution in [2.24, 2.45) is 0 Å². The summed E-state index contributed by atoms with van der Waals surface area (Å²) in [5.74, 6) is 4.42. The molecule has 2 heteroatoms. The van der Waals surface area contributed by atoms with Gasteiger partial charge >= 0.3 is 79.3 Å². The van der Waals surface area contributed by atoms with Crippen molar-refractivity contribution in [3.63, 3.8) is 0 Å². The smallest absolute Gasteiger partial charge is 0.115 e. The minimum Gasteiger partial charge on any atom is -0.115 e. The molecule has 0 unspecified atom stereocenters. The minimum atomic E-state index is -1.23. The molecule has 15 heavy (non-hydrogen) atoms. The molecule has 0 saturated carbocycles. The summed E-state index contributed by atoms with van der Waals surface area (Å²) in [5.41, 5.74) is 0. The summed E-state index contributed by atoms with van der Waals surface area (Å²) in [6.45, 7) is 0. The summed E-state index contributed by atoms with van der Waals surface area (Å²) in [4.78, 5) is 4.35. The van der Waals surface area contributed by atoms with Crippen molar-refractivity contribution in [1.29, 1.82) is 0 Å². The molecule has 0 fully saturated rings. The number of allylic oxidation sites excluding steroid dienone is 8. The summed E-state index contributed by atoms with van der Waals surface area (Å²) >= 11 is -0.481. The number of hydrogen-bond acceptors (Lipinski definition) is 0. The molecular formula is C13H18AlTi. The molecule has 0 saturated heterocycles. The van der Waals surface area contributed by atoms with Gasteiger partial charge in [-0.3, -0.25) is 0 Å². The first-order valence-electron chi connectivity index (χ1n) is 5.44. The molecule has 0 heterocycles. The van der Waals surface area contributed by atoms with Crippen LogP contribution in [0.4, 0.5) is 0 Å². The largest absolute Gasteiger partial charge is 0.191 e. The van der Waals surface area contributed by atoms with Crippen molar-refractivity contribution in [1.82, 2.24) is 0 Å². The van der Waals surface area contributed by atoms with Gasteiger partial charge in [0, 0.05) is 0 Å². The normalized spacial score (nSPS) is 16.7. The maximum Gasteiger partial charge on any atom is 0.191 e. The Bertz CT molecular complexity index is 314. The predicted molar refractivity (Wildman–Crippen MR) is 68.3 cm³/mol. The average molecular weight is 249 g/mol. The Balaban J connectivity index is 0.000000337. The molecule has 0 amide bonds. The predicted octanol–water partition coefficient (Wildman–Crippen LogP) is 3.51. The van der Waals surface area contributed by atoms with Crippen molar-refractivity contribution in [2.45, 2.75) is 24.4 Å². The zero-order valence-corrected chi connectivity index (χ0v) is 12.4. The summed E-state index contributed by atoms with van der Waals surface area (Å²) in [7, 11) is 0. The van der Waals surface area contributed by atoms with Crippen LogP contribution in [-0.2, 0) is 17.4 Å². The first kappa shape index (κ1) is 13.1. The van der Waals surface area contributed by atoms with Crippen LogP contribution in [0.25, 0.3) is 0 Å². The van der Waals surface area contributed by atoms with Gasteiger partial charge in [0.1, 0.15) is 0 Å². The third-order valence-electron chi connectivity index (χ3n) is 2.32. The van der Waals surface area contributed by atoms with E-state index in [1.54, 1.807) is 7.76 Å². The molecule has 0 nitrogen and oxygen atoms in total. The third-order valence-corrected chi connectivity index (χ3v) is 5.90. The molecule has 0 aromatic carbocycles. The van der Waals surface area contributed by atoms with Gasteiger partial charge < -0.3 is 0 Å². The van der Waals surface area contributed by atoms with E-state index < -0.39 is 17.4 Å². The van der Waals surface area contributed by atoms with Crippen LogP contribution in [0, 0.1) is 0 Å². The van der Waals surface area contributed by atoms with Gasteiger partial charge in [-0.2, -0.15) is 0 Å². The third kappa shape index (κ3) is 4.21. The van der Waals surface area contributed by atoms with Gasteiger partial charge in [0.2, 0.25) is 0 Å². The molecule has 0 aromatic rings. The number of rotatable bonds is 2. The molecule has 77 valence electrons. The molecule has 0 aromatic heterocycles. The monoisotopic (exact) mass is 249 g/mol. The maximum atomic E-state index is 4.35. The standard InChI is InChI=1S/2C5H5.2CH3.CH2.Al.Ti/c2*1-2-4-5-3-1;;;;;/h2*1-3H,4H2;2*1H3;1H2;;. The maximum absolute atomic E-state index is 4.35. The van der Waals surface area contributed by atoms with Crippen molar-refractivity contribution >= 4 is 20.0 Å². The molecule has 1 radical (unpaired) electrons. The van der Waals surface area contributed by atoms with Crippen LogP contribution in [0.1, 0.15) is 12.8 Å². The van der Waals surface area contributed by atoms with Crippen molar-refractivity contribution in [3.8, 4) is 0 Å². The van der Waals surface area contributed by atoms with Gasteiger partial charge in [-0.15, -0.1) is 11.6 Å². The van der Waals surface area contributed by atoms with Crippen LogP contribution in [0.5, 0.6) is 0 Å². The zero-order valence-electron chi connectivity index (χ0n) is 9.66. The molecule has 2 aliphatic rings. The van der Waals surface area contributed by atoms with E-state index in [0.29, 0.717) is 0 Å². The van der Waals surface area contributed by atoms with Crippen LogP contribution in [0.15, 0.2) is 44.2 Å². The SMILES string of the molecule is [CH2]=[Ti]([C]1=CC=CC1)[C]1=CC=CC1.[CH3][Al][CH3]. The average Bonchev–Trinajstić information content (AvgIpc) is 2.92. The van der Waals surface area contributed by atoms with Crippen LogP contribution < -0.4 is 0 Å². The summed E-state index contributed by atoms with van der Waals surface area (Å²) in [6, 6.07) is 0. The summed E-state index contributed by atoms with van der Waals surface area (Å²) in [6.07, 6.45) is 15.6. The fourth-order valence-corrected chi connectivity index (χ4v) is 4.26. The second-order valence-corrected chi connectivity index (χ2v) is 8.36. The Hall–Kier alpha value is 0.0768. The van der Waals surface area contributed by atoms with E-state index in [2.05, 4.69) is 52.8 Å². The quantitative estimate of drug-likeness (QED) is 0.657. The van der Waals surface area contributed by atoms with Gasteiger partial charge in [0.05, 0.1) is 0 Å². The Morgan fingerprint density at radius 1 is 1.07 bits per heavy atom. The van der Waals surface area contributed by atoms with E-state index in [0.717, 1.165) is 28.1 Å². The molecule has 0 bridgehead atoms. The Labute approximate surface area is 106 Å². The first-order valence-corrected chi connectivity index (χ1v) is 10.4. The molecule has 0 N–H and O–H groups in total. The van der Waals surface area contributed by atoms with Gasteiger partial charge in [-0.25, -0.2) is 0 Å². The second kappa shape index (κ2) is 7.37. The van der Waals surface area contributed by atoms with E-state index in [1.807, 2.05) is 0 Å². The van der Waals surface area contributed by atoms with E-state index in [4.69, 9.17) is 0 Å². The van der Waals surface area contributed by atoms with Gasteiger partial charge in [0.15, 0.2) is 15.2 Å². The van der Waals surface area contributed by atoms with Crippen molar-refractivity contribution in [3.05, 3.63) is 44.2 Å². The molecule has 2 aliphatic carbocycles. The fraction of sp³-hybridized carbons (Fsp3) is 0.308. The first-order chi connectivity index (χ1) is 7.29. The summed E-state index contributed by atoms with van der Waals surface area (Å²) < 4.78 is 3.23. The molecule has 0 aliphatic heterocycles. The fourth-order valence-electron chi connectivity index (χ4n) is 1.55. The van der Waals surface area contributed by atoms with E-state index in [-0.39, 0.29) is 0 Å². The minimum absolute atomic E-state index is 0.750. The Kier molecular flexibility index (Phi) is 6.45. The zero-order chi connectivity index (χ0) is 11.1. The van der Waals surface area contributed by atoms with Gasteiger partial charge in [-0.1, -0.05) is 0 Å². The van der Waals surface area contributed by atoms with E-state index >= 15 is 0 Å². The second-order valence-electron chi connectivity index (χ2n) is 3.70. The Morgan fingerprint density at radius 2 is 1.47 bits per heavy atom. The molecular weight excluding hydrogens is 231 g/mol. The van der Waals surface area contributed by atoms with Crippen LogP contribution in [0.3, 0.4) is 0 Å². The summed E-state index contributed by atoms with van der Waals surface area (Å²) in [5, 5.41) is 0.